The third-order valence-electron chi connectivity index (χ3n) is 3.00. The Bertz CT molecular complexity index is 491. The maximum atomic E-state index is 12.3. The normalized spacial score (nSPS) is 17.5. The van der Waals surface area contributed by atoms with E-state index in [1.807, 2.05) is 6.92 Å². The van der Waals surface area contributed by atoms with Gasteiger partial charge in [0.15, 0.2) is 5.78 Å². The van der Waals surface area contributed by atoms with Gasteiger partial charge in [-0.15, -0.1) is 0 Å². The molecule has 0 aromatic carbocycles. The monoisotopic (exact) mass is 314 g/mol. The Kier molecular flexibility index (Phi) is 5.61. The zero-order valence-corrected chi connectivity index (χ0v) is 11.9. The fraction of sp³-hybridized carbons (Fsp3) is 0.750. The van der Waals surface area contributed by atoms with Crippen molar-refractivity contribution < 1.29 is 30.6 Å². The third kappa shape index (κ3) is 4.22. The number of hydrogen-bond acceptors (Lipinski definition) is 4. The van der Waals surface area contributed by atoms with Gasteiger partial charge in [0, 0.05) is 18.4 Å². The second-order valence-electron chi connectivity index (χ2n) is 4.62. The molecule has 1 aliphatic rings. The molecular formula is C12H17F3O4S. The molecule has 0 aromatic heterocycles. The molecule has 1 rings (SSSR count). The van der Waals surface area contributed by atoms with Crippen LogP contribution in [0.2, 0.25) is 0 Å². The number of carbonyl (C=O) groups excluding carboxylic acids is 1. The topological polar surface area (TPSA) is 60.4 Å². The van der Waals surface area contributed by atoms with Gasteiger partial charge in [0.1, 0.15) is 5.76 Å². The first-order chi connectivity index (χ1) is 9.19. The fourth-order valence-corrected chi connectivity index (χ4v) is 2.51. The molecule has 20 heavy (non-hydrogen) atoms. The first-order valence-corrected chi connectivity index (χ1v) is 7.86. The SMILES string of the molecule is CCCCCC1=C(OS(=O)(=O)C(F)(F)F)CCCC1=O. The smallest absolute Gasteiger partial charge is 0.380 e. The summed E-state index contributed by atoms with van der Waals surface area (Å²) in [4.78, 5) is 11.7. The summed E-state index contributed by atoms with van der Waals surface area (Å²) in [6, 6.07) is 0. The molecule has 116 valence electrons. The van der Waals surface area contributed by atoms with Gasteiger partial charge in [-0.1, -0.05) is 19.8 Å². The summed E-state index contributed by atoms with van der Waals surface area (Å²) < 4.78 is 63.1. The Morgan fingerprint density at radius 2 is 1.85 bits per heavy atom. The number of rotatable bonds is 6. The molecule has 0 aromatic rings. The van der Waals surface area contributed by atoms with E-state index < -0.39 is 15.6 Å². The van der Waals surface area contributed by atoms with Crippen molar-refractivity contribution in [1.82, 2.24) is 0 Å². The molecule has 0 saturated carbocycles. The molecule has 0 amide bonds. The van der Waals surface area contributed by atoms with Crippen molar-refractivity contribution in [3.8, 4) is 0 Å². The van der Waals surface area contributed by atoms with Gasteiger partial charge in [0.05, 0.1) is 0 Å². The summed E-state index contributed by atoms with van der Waals surface area (Å²) >= 11 is 0. The van der Waals surface area contributed by atoms with Crippen LogP contribution in [0, 0.1) is 0 Å². The molecule has 1 aliphatic carbocycles. The van der Waals surface area contributed by atoms with Crippen LogP contribution in [0.25, 0.3) is 0 Å². The maximum absolute atomic E-state index is 12.3. The summed E-state index contributed by atoms with van der Waals surface area (Å²) in [5.74, 6) is -0.658. The molecule has 0 unspecified atom stereocenters. The predicted octanol–water partition coefficient (Wildman–Crippen LogP) is 3.44. The van der Waals surface area contributed by atoms with Gasteiger partial charge in [-0.3, -0.25) is 4.79 Å². The summed E-state index contributed by atoms with van der Waals surface area (Å²) in [6.07, 6.45) is 3.15. The van der Waals surface area contributed by atoms with Gasteiger partial charge in [-0.05, 0) is 19.3 Å². The number of allylic oxidation sites excluding steroid dienone is 2. The Morgan fingerprint density at radius 1 is 1.20 bits per heavy atom. The van der Waals surface area contributed by atoms with Crippen molar-refractivity contribution in [1.29, 1.82) is 0 Å². The van der Waals surface area contributed by atoms with Gasteiger partial charge < -0.3 is 4.18 Å². The summed E-state index contributed by atoms with van der Waals surface area (Å²) in [7, 11) is -5.69. The first-order valence-electron chi connectivity index (χ1n) is 6.45. The second kappa shape index (κ2) is 6.60. The molecule has 0 fully saturated rings. The van der Waals surface area contributed by atoms with Gasteiger partial charge in [-0.25, -0.2) is 0 Å². The Labute approximate surface area is 116 Å². The number of hydrogen-bond donors (Lipinski definition) is 0. The first kappa shape index (κ1) is 17.0. The molecule has 0 atom stereocenters. The number of halogens is 3. The maximum Gasteiger partial charge on any atom is 0.534 e. The lowest BCUT2D eigenvalue weighted by atomic mass is 9.92. The van der Waals surface area contributed by atoms with Gasteiger partial charge >= 0.3 is 15.6 Å². The van der Waals surface area contributed by atoms with Crippen molar-refractivity contribution >= 4 is 15.9 Å². The van der Waals surface area contributed by atoms with E-state index in [4.69, 9.17) is 0 Å². The van der Waals surface area contributed by atoms with E-state index in [0.29, 0.717) is 12.8 Å². The van der Waals surface area contributed by atoms with Crippen molar-refractivity contribution in [3.05, 3.63) is 11.3 Å². The lowest BCUT2D eigenvalue weighted by Crippen LogP contribution is -2.27. The van der Waals surface area contributed by atoms with E-state index in [9.17, 15) is 26.4 Å². The number of Topliss-reactive ketones (excluding diaryl/α,β-unsaturated/α-hetero) is 1. The van der Waals surface area contributed by atoms with Gasteiger partial charge in [0.25, 0.3) is 0 Å². The Morgan fingerprint density at radius 3 is 2.40 bits per heavy atom. The van der Waals surface area contributed by atoms with Crippen LogP contribution in [0.3, 0.4) is 0 Å². The third-order valence-corrected chi connectivity index (χ3v) is 3.99. The van der Waals surface area contributed by atoms with Gasteiger partial charge in [0.2, 0.25) is 0 Å². The number of ketones is 1. The highest BCUT2D eigenvalue weighted by molar-refractivity contribution is 7.87. The van der Waals surface area contributed by atoms with E-state index in [-0.39, 0.29) is 36.4 Å². The zero-order chi connectivity index (χ0) is 15.4. The average Bonchev–Trinajstić information content (AvgIpc) is 2.31. The minimum Gasteiger partial charge on any atom is -0.380 e. The van der Waals surface area contributed by atoms with Crippen LogP contribution in [0.5, 0.6) is 0 Å². The molecular weight excluding hydrogens is 297 g/mol. The predicted molar refractivity (Wildman–Crippen MR) is 66.1 cm³/mol. The summed E-state index contributed by atoms with van der Waals surface area (Å²) in [5.41, 5.74) is -5.38. The van der Waals surface area contributed by atoms with Crippen LogP contribution in [0.4, 0.5) is 13.2 Å². The van der Waals surface area contributed by atoms with E-state index >= 15 is 0 Å². The lowest BCUT2D eigenvalue weighted by molar-refractivity contribution is -0.116. The lowest BCUT2D eigenvalue weighted by Gasteiger charge is -2.20. The van der Waals surface area contributed by atoms with E-state index in [1.165, 1.54) is 0 Å². The molecule has 0 spiro atoms. The summed E-state index contributed by atoms with van der Waals surface area (Å²) in [6.45, 7) is 1.95. The van der Waals surface area contributed by atoms with Crippen LogP contribution in [0.1, 0.15) is 51.9 Å². The minimum absolute atomic E-state index is 0.0442. The van der Waals surface area contributed by atoms with E-state index in [2.05, 4.69) is 4.18 Å². The van der Waals surface area contributed by atoms with Gasteiger partial charge in [-0.2, -0.15) is 21.6 Å². The zero-order valence-electron chi connectivity index (χ0n) is 11.1. The molecule has 0 saturated heterocycles. The van der Waals surface area contributed by atoms with Crippen LogP contribution in [-0.4, -0.2) is 19.7 Å². The van der Waals surface area contributed by atoms with E-state index in [1.54, 1.807) is 0 Å². The van der Waals surface area contributed by atoms with Crippen molar-refractivity contribution in [2.45, 2.75) is 57.4 Å². The number of alkyl halides is 3. The Hall–Kier alpha value is -1.05. The number of unbranched alkanes of at least 4 members (excludes halogenated alkanes) is 2. The fourth-order valence-electron chi connectivity index (χ4n) is 1.97. The molecule has 0 bridgehead atoms. The number of carbonyl (C=O) groups is 1. The largest absolute Gasteiger partial charge is 0.534 e. The second-order valence-corrected chi connectivity index (χ2v) is 6.16. The highest BCUT2D eigenvalue weighted by atomic mass is 32.2. The molecule has 8 heteroatoms. The molecule has 0 heterocycles. The highest BCUT2D eigenvalue weighted by Gasteiger charge is 2.49. The quantitative estimate of drug-likeness (QED) is 0.428. The van der Waals surface area contributed by atoms with Crippen molar-refractivity contribution in [2.75, 3.05) is 0 Å². The van der Waals surface area contributed by atoms with E-state index in [0.717, 1.165) is 12.8 Å². The van der Waals surface area contributed by atoms with Crippen molar-refractivity contribution in [3.63, 3.8) is 0 Å². The molecule has 0 N–H and O–H groups in total. The highest BCUT2D eigenvalue weighted by Crippen LogP contribution is 2.33. The standard InChI is InChI=1S/C12H17F3O4S/c1-2-3-4-6-9-10(16)7-5-8-11(9)19-20(17,18)12(13,14)15/h2-8H2,1H3. The molecule has 0 aliphatic heterocycles. The summed E-state index contributed by atoms with van der Waals surface area (Å²) in [5, 5.41) is 0. The minimum atomic E-state index is -5.69. The molecule has 4 nitrogen and oxygen atoms in total. The van der Waals surface area contributed by atoms with Crippen molar-refractivity contribution in [2.24, 2.45) is 0 Å². The van der Waals surface area contributed by atoms with Crippen LogP contribution in [-0.2, 0) is 19.1 Å². The molecule has 0 radical (unpaired) electrons. The van der Waals surface area contributed by atoms with Crippen LogP contribution >= 0.6 is 0 Å². The Balaban J connectivity index is 2.96. The average molecular weight is 314 g/mol. The van der Waals surface area contributed by atoms with Crippen LogP contribution < -0.4 is 0 Å². The van der Waals surface area contributed by atoms with Crippen LogP contribution in [0.15, 0.2) is 11.3 Å².